The molecule has 3 N–H and O–H groups in total. The molecule has 33 heavy (non-hydrogen) atoms. The first-order valence-electron chi connectivity index (χ1n) is 12.1. The summed E-state index contributed by atoms with van der Waals surface area (Å²) in [5.41, 5.74) is 1.22. The Bertz CT molecular complexity index is 1010. The van der Waals surface area contributed by atoms with Crippen LogP contribution in [-0.2, 0) is 4.79 Å². The Hall–Kier alpha value is -2.70. The number of fused-ring (bicyclic) bond motifs is 1. The second-order valence-corrected chi connectivity index (χ2v) is 8.49. The van der Waals surface area contributed by atoms with E-state index in [2.05, 4.69) is 52.8 Å². The SMILES string of the molecule is CCCCC#Cc1nc(N(CC)CCC)c2ncn(C3CC(NC(=O)CC)C(O)C3O)c2n1. The van der Waals surface area contributed by atoms with Crippen molar-refractivity contribution in [3.8, 4) is 11.8 Å². The number of aromatic nitrogens is 4. The highest BCUT2D eigenvalue weighted by atomic mass is 16.3. The van der Waals surface area contributed by atoms with Gasteiger partial charge < -0.3 is 25.0 Å². The van der Waals surface area contributed by atoms with Crippen molar-refractivity contribution >= 4 is 22.9 Å². The predicted octanol–water partition coefficient (Wildman–Crippen LogP) is 2.17. The number of imidazole rings is 1. The van der Waals surface area contributed by atoms with Gasteiger partial charge in [-0.3, -0.25) is 4.79 Å². The van der Waals surface area contributed by atoms with Crippen LogP contribution >= 0.6 is 0 Å². The van der Waals surface area contributed by atoms with Gasteiger partial charge in [0, 0.05) is 25.9 Å². The van der Waals surface area contributed by atoms with E-state index in [4.69, 9.17) is 4.98 Å². The highest BCUT2D eigenvalue weighted by Crippen LogP contribution is 2.34. The van der Waals surface area contributed by atoms with Crippen LogP contribution < -0.4 is 10.2 Å². The van der Waals surface area contributed by atoms with Crippen LogP contribution in [0.3, 0.4) is 0 Å². The quantitative estimate of drug-likeness (QED) is 0.391. The molecule has 0 spiro atoms. The Labute approximate surface area is 195 Å². The Kier molecular flexibility index (Phi) is 8.64. The molecule has 0 radical (unpaired) electrons. The standard InChI is InChI=1S/C24H36N6O3/c1-5-9-10-11-12-18-27-23(29(8-4)13-6-2)20-24(28-18)30(15-25-20)17-14-16(21(32)22(17)33)26-19(31)7-3/h15-17,21-22,32-33H,5-10,13-14H2,1-4H3,(H,26,31). The Morgan fingerprint density at radius 3 is 2.67 bits per heavy atom. The number of nitrogens with zero attached hydrogens (tertiary/aromatic N) is 5. The molecule has 0 aliphatic heterocycles. The molecule has 9 heteroatoms. The highest BCUT2D eigenvalue weighted by molar-refractivity contribution is 5.84. The van der Waals surface area contributed by atoms with Crippen molar-refractivity contribution in [1.82, 2.24) is 24.8 Å². The summed E-state index contributed by atoms with van der Waals surface area (Å²) in [4.78, 5) is 28.0. The molecule has 180 valence electrons. The molecular formula is C24H36N6O3. The summed E-state index contributed by atoms with van der Waals surface area (Å²) in [5, 5.41) is 24.2. The van der Waals surface area contributed by atoms with Crippen molar-refractivity contribution in [3.05, 3.63) is 12.2 Å². The fraction of sp³-hybridized carbons (Fsp3) is 0.667. The molecule has 1 aliphatic carbocycles. The first-order valence-corrected chi connectivity index (χ1v) is 12.1. The number of carbonyl (C=O) groups is 1. The molecule has 1 fully saturated rings. The summed E-state index contributed by atoms with van der Waals surface area (Å²) in [7, 11) is 0. The molecular weight excluding hydrogens is 420 g/mol. The summed E-state index contributed by atoms with van der Waals surface area (Å²) < 4.78 is 1.80. The van der Waals surface area contributed by atoms with Crippen molar-refractivity contribution in [3.63, 3.8) is 0 Å². The fourth-order valence-corrected chi connectivity index (χ4v) is 4.25. The van der Waals surface area contributed by atoms with Gasteiger partial charge in [0.2, 0.25) is 11.7 Å². The second kappa shape index (κ2) is 11.4. The van der Waals surface area contributed by atoms with Gasteiger partial charge in [-0.25, -0.2) is 15.0 Å². The number of nitrogens with one attached hydrogen (secondary N) is 1. The van der Waals surface area contributed by atoms with E-state index in [0.717, 1.165) is 44.6 Å². The van der Waals surface area contributed by atoms with Crippen LogP contribution in [0.4, 0.5) is 5.82 Å². The molecule has 0 saturated heterocycles. The maximum atomic E-state index is 11.9. The third-order valence-electron chi connectivity index (χ3n) is 6.11. The number of aliphatic hydroxyl groups is 2. The molecule has 0 bridgehead atoms. The second-order valence-electron chi connectivity index (χ2n) is 8.49. The average Bonchev–Trinajstić information content (AvgIpc) is 3.36. The number of unbranched alkanes of at least 4 members (excludes halogenated alkanes) is 2. The van der Waals surface area contributed by atoms with Crippen molar-refractivity contribution in [2.24, 2.45) is 0 Å². The van der Waals surface area contributed by atoms with Gasteiger partial charge in [-0.1, -0.05) is 33.1 Å². The topological polar surface area (TPSA) is 116 Å². The molecule has 0 aromatic carbocycles. The number of anilines is 1. The molecule has 1 aliphatic rings. The van der Waals surface area contributed by atoms with Crippen LogP contribution in [-0.4, -0.2) is 67.0 Å². The third-order valence-corrected chi connectivity index (χ3v) is 6.11. The fourth-order valence-electron chi connectivity index (χ4n) is 4.25. The van der Waals surface area contributed by atoms with Crippen LogP contribution in [0, 0.1) is 11.8 Å². The number of rotatable bonds is 9. The van der Waals surface area contributed by atoms with Gasteiger partial charge in [0.25, 0.3) is 0 Å². The molecule has 2 aromatic rings. The normalized spacial score (nSPS) is 22.2. The summed E-state index contributed by atoms with van der Waals surface area (Å²) in [5.74, 6) is 7.25. The number of hydrogen-bond acceptors (Lipinski definition) is 7. The lowest BCUT2D eigenvalue weighted by atomic mass is 10.2. The molecule has 9 nitrogen and oxygen atoms in total. The van der Waals surface area contributed by atoms with Gasteiger partial charge in [0.1, 0.15) is 12.2 Å². The van der Waals surface area contributed by atoms with Gasteiger partial charge in [0.05, 0.1) is 18.4 Å². The lowest BCUT2D eigenvalue weighted by Crippen LogP contribution is -2.42. The number of carbonyl (C=O) groups excluding carboxylic acids is 1. The molecule has 3 rings (SSSR count). The van der Waals surface area contributed by atoms with Crippen molar-refractivity contribution in [1.29, 1.82) is 0 Å². The third kappa shape index (κ3) is 5.45. The largest absolute Gasteiger partial charge is 0.388 e. The van der Waals surface area contributed by atoms with Gasteiger partial charge in [-0.05, 0) is 32.1 Å². The zero-order valence-corrected chi connectivity index (χ0v) is 20.1. The summed E-state index contributed by atoms with van der Waals surface area (Å²) in [6, 6.07) is -1.01. The number of hydrogen-bond donors (Lipinski definition) is 3. The summed E-state index contributed by atoms with van der Waals surface area (Å²) >= 11 is 0. The van der Waals surface area contributed by atoms with Gasteiger partial charge in [0.15, 0.2) is 17.0 Å². The van der Waals surface area contributed by atoms with E-state index in [1.807, 2.05) is 0 Å². The van der Waals surface area contributed by atoms with Crippen LogP contribution in [0.1, 0.15) is 78.1 Å². The van der Waals surface area contributed by atoms with E-state index in [-0.39, 0.29) is 5.91 Å². The maximum absolute atomic E-state index is 11.9. The number of aliphatic hydroxyl groups excluding tert-OH is 2. The van der Waals surface area contributed by atoms with Gasteiger partial charge in [-0.15, -0.1) is 0 Å². The molecule has 4 unspecified atom stereocenters. The van der Waals surface area contributed by atoms with Crippen molar-refractivity contribution in [2.75, 3.05) is 18.0 Å². The predicted molar refractivity (Wildman–Crippen MR) is 128 cm³/mol. The minimum absolute atomic E-state index is 0.158. The molecule has 2 aromatic heterocycles. The smallest absolute Gasteiger partial charge is 0.220 e. The maximum Gasteiger partial charge on any atom is 0.220 e. The van der Waals surface area contributed by atoms with Crippen LogP contribution in [0.25, 0.3) is 11.2 Å². The van der Waals surface area contributed by atoms with E-state index >= 15 is 0 Å². The first kappa shape index (κ1) is 24.9. The van der Waals surface area contributed by atoms with Crippen LogP contribution in [0.5, 0.6) is 0 Å². The molecule has 1 saturated carbocycles. The molecule has 1 amide bonds. The van der Waals surface area contributed by atoms with E-state index in [1.165, 1.54) is 0 Å². The highest BCUT2D eigenvalue weighted by Gasteiger charge is 2.43. The summed E-state index contributed by atoms with van der Waals surface area (Å²) in [6.07, 6.45) is 4.06. The average molecular weight is 457 g/mol. The Morgan fingerprint density at radius 2 is 2.00 bits per heavy atom. The lowest BCUT2D eigenvalue weighted by Gasteiger charge is -2.22. The van der Waals surface area contributed by atoms with E-state index in [0.29, 0.717) is 29.8 Å². The van der Waals surface area contributed by atoms with E-state index in [9.17, 15) is 15.0 Å². The summed E-state index contributed by atoms with van der Waals surface area (Å²) in [6.45, 7) is 9.67. The minimum Gasteiger partial charge on any atom is -0.388 e. The van der Waals surface area contributed by atoms with Crippen molar-refractivity contribution in [2.45, 2.75) is 90.5 Å². The lowest BCUT2D eigenvalue weighted by molar-refractivity contribution is -0.122. The number of amides is 1. The van der Waals surface area contributed by atoms with Gasteiger partial charge >= 0.3 is 0 Å². The van der Waals surface area contributed by atoms with E-state index < -0.39 is 24.3 Å². The van der Waals surface area contributed by atoms with Gasteiger partial charge in [-0.2, -0.15) is 0 Å². The van der Waals surface area contributed by atoms with Crippen LogP contribution in [0.15, 0.2) is 6.33 Å². The molecule has 4 atom stereocenters. The van der Waals surface area contributed by atoms with Crippen LogP contribution in [0.2, 0.25) is 0 Å². The first-order chi connectivity index (χ1) is 15.9. The zero-order chi connectivity index (χ0) is 24.0. The monoisotopic (exact) mass is 456 g/mol. The Balaban J connectivity index is 2.04. The molecule has 2 heterocycles. The van der Waals surface area contributed by atoms with Crippen molar-refractivity contribution < 1.29 is 15.0 Å². The van der Waals surface area contributed by atoms with E-state index in [1.54, 1.807) is 17.8 Å². The minimum atomic E-state index is -1.07. The Morgan fingerprint density at radius 1 is 1.21 bits per heavy atom. The zero-order valence-electron chi connectivity index (χ0n) is 20.1.